The SMILES string of the molecule is [O]CCOC(=O)C(F)(F)C(F)(F)C(F)(F)F. The summed E-state index contributed by atoms with van der Waals surface area (Å²) in [7, 11) is 0. The topological polar surface area (TPSA) is 46.2 Å². The zero-order valence-electron chi connectivity index (χ0n) is 7.28. The van der Waals surface area contributed by atoms with Gasteiger partial charge in [-0.15, -0.1) is 0 Å². The van der Waals surface area contributed by atoms with Gasteiger partial charge in [-0.2, -0.15) is 30.7 Å². The molecule has 0 aromatic rings. The van der Waals surface area contributed by atoms with Crippen LogP contribution in [-0.2, 0) is 14.6 Å². The Kier molecular flexibility index (Phi) is 4.14. The monoisotopic (exact) mass is 257 g/mol. The zero-order valence-corrected chi connectivity index (χ0v) is 7.28. The molecule has 0 unspecified atom stereocenters. The van der Waals surface area contributed by atoms with Crippen LogP contribution >= 0.6 is 0 Å². The number of hydrogen-bond acceptors (Lipinski definition) is 2. The van der Waals surface area contributed by atoms with Crippen molar-refractivity contribution in [3.8, 4) is 0 Å². The van der Waals surface area contributed by atoms with Crippen LogP contribution in [-0.4, -0.2) is 37.2 Å². The number of halogens is 7. The fraction of sp³-hybridized carbons (Fsp3) is 0.833. The number of ether oxygens (including phenoxy) is 1. The number of carbonyl (C=O) groups excluding carboxylic acids is 1. The Bertz CT molecular complexity index is 259. The summed E-state index contributed by atoms with van der Waals surface area (Å²) in [6.45, 7) is -2.46. The van der Waals surface area contributed by atoms with E-state index in [2.05, 4.69) is 4.74 Å². The predicted molar refractivity (Wildman–Crippen MR) is 32.5 cm³/mol. The van der Waals surface area contributed by atoms with E-state index >= 15 is 0 Å². The van der Waals surface area contributed by atoms with Crippen molar-refractivity contribution in [2.45, 2.75) is 18.0 Å². The molecule has 1 radical (unpaired) electrons. The first kappa shape index (κ1) is 14.9. The maximum atomic E-state index is 12.4. The molecule has 0 aromatic carbocycles. The third-order valence-corrected chi connectivity index (χ3v) is 1.32. The van der Waals surface area contributed by atoms with E-state index < -0.39 is 37.2 Å². The second-order valence-electron chi connectivity index (χ2n) is 2.49. The van der Waals surface area contributed by atoms with E-state index in [-0.39, 0.29) is 0 Å². The Labute approximate surface area is 83.8 Å². The van der Waals surface area contributed by atoms with Crippen LogP contribution in [0, 0.1) is 0 Å². The smallest absolute Gasteiger partial charge is 0.458 e. The molecule has 0 rings (SSSR count). The van der Waals surface area contributed by atoms with Crippen LogP contribution < -0.4 is 0 Å². The summed E-state index contributed by atoms with van der Waals surface area (Å²) >= 11 is 0. The molecule has 0 heterocycles. The molecule has 0 bridgehead atoms. The fourth-order valence-electron chi connectivity index (χ4n) is 0.531. The van der Waals surface area contributed by atoms with E-state index in [4.69, 9.17) is 0 Å². The molecule has 3 nitrogen and oxygen atoms in total. The molecule has 0 aliphatic carbocycles. The highest BCUT2D eigenvalue weighted by Gasteiger charge is 2.77. The minimum absolute atomic E-state index is 1.22. The lowest BCUT2D eigenvalue weighted by Gasteiger charge is -2.26. The molecule has 16 heavy (non-hydrogen) atoms. The van der Waals surface area contributed by atoms with Gasteiger partial charge in [0.05, 0.1) is 0 Å². The second kappa shape index (κ2) is 4.44. The van der Waals surface area contributed by atoms with Crippen molar-refractivity contribution in [1.82, 2.24) is 0 Å². The quantitative estimate of drug-likeness (QED) is 0.569. The molecule has 95 valence electrons. The van der Waals surface area contributed by atoms with Gasteiger partial charge in [0.15, 0.2) is 0 Å². The summed E-state index contributed by atoms with van der Waals surface area (Å²) in [6.07, 6.45) is -6.60. The van der Waals surface area contributed by atoms with Crippen molar-refractivity contribution in [2.75, 3.05) is 13.2 Å². The van der Waals surface area contributed by atoms with E-state index in [1.54, 1.807) is 0 Å². The molecule has 0 saturated carbocycles. The minimum Gasteiger partial charge on any atom is -0.458 e. The van der Waals surface area contributed by atoms with Crippen LogP contribution in [0.5, 0.6) is 0 Å². The number of rotatable bonds is 4. The van der Waals surface area contributed by atoms with Gasteiger partial charge in [-0.3, -0.25) is 0 Å². The van der Waals surface area contributed by atoms with Gasteiger partial charge in [-0.1, -0.05) is 0 Å². The third-order valence-electron chi connectivity index (χ3n) is 1.32. The van der Waals surface area contributed by atoms with E-state index in [1.165, 1.54) is 0 Å². The second-order valence-corrected chi connectivity index (χ2v) is 2.49. The Morgan fingerprint density at radius 3 is 1.75 bits per heavy atom. The van der Waals surface area contributed by atoms with Gasteiger partial charge in [0.25, 0.3) is 0 Å². The van der Waals surface area contributed by atoms with E-state index in [1.807, 2.05) is 0 Å². The summed E-state index contributed by atoms with van der Waals surface area (Å²) in [5.74, 6) is -15.7. The fourth-order valence-corrected chi connectivity index (χ4v) is 0.531. The van der Waals surface area contributed by atoms with Crippen LogP contribution in [0.3, 0.4) is 0 Å². The lowest BCUT2D eigenvalue weighted by Crippen LogP contribution is -2.56. The van der Waals surface area contributed by atoms with Gasteiger partial charge in [0, 0.05) is 0 Å². The van der Waals surface area contributed by atoms with Crippen molar-refractivity contribution in [2.24, 2.45) is 0 Å². The van der Waals surface area contributed by atoms with Gasteiger partial charge in [-0.25, -0.2) is 9.90 Å². The highest BCUT2D eigenvalue weighted by atomic mass is 19.4. The Balaban J connectivity index is 4.97. The van der Waals surface area contributed by atoms with Crippen molar-refractivity contribution in [1.29, 1.82) is 0 Å². The molecule has 0 amide bonds. The van der Waals surface area contributed by atoms with Gasteiger partial charge < -0.3 is 4.74 Å². The summed E-state index contributed by atoms with van der Waals surface area (Å²) in [6, 6.07) is 0. The zero-order chi connectivity index (χ0) is 13.2. The first-order chi connectivity index (χ1) is 6.98. The van der Waals surface area contributed by atoms with Crippen LogP contribution in [0.25, 0.3) is 0 Å². The predicted octanol–water partition coefficient (Wildman–Crippen LogP) is 1.79. The van der Waals surface area contributed by atoms with Crippen molar-refractivity contribution in [3.63, 3.8) is 0 Å². The molecule has 0 N–H and O–H groups in total. The summed E-state index contributed by atoms with van der Waals surface area (Å²) < 4.78 is 86.8. The number of carbonyl (C=O) groups is 1. The van der Waals surface area contributed by atoms with Crippen LogP contribution in [0.15, 0.2) is 0 Å². The van der Waals surface area contributed by atoms with Crippen molar-refractivity contribution >= 4 is 5.97 Å². The lowest BCUT2D eigenvalue weighted by atomic mass is 10.1. The van der Waals surface area contributed by atoms with Gasteiger partial charge in [-0.05, 0) is 0 Å². The largest absolute Gasteiger partial charge is 0.460 e. The van der Waals surface area contributed by atoms with Crippen LogP contribution in [0.2, 0.25) is 0 Å². The maximum absolute atomic E-state index is 12.4. The first-order valence-electron chi connectivity index (χ1n) is 3.56. The molecule has 0 aliphatic heterocycles. The van der Waals surface area contributed by atoms with Crippen molar-refractivity contribution in [3.05, 3.63) is 0 Å². The molecular weight excluding hydrogens is 253 g/mol. The molecular formula is C6H4F7O3. The Morgan fingerprint density at radius 1 is 1.00 bits per heavy atom. The average molecular weight is 257 g/mol. The van der Waals surface area contributed by atoms with Gasteiger partial charge >= 0.3 is 24.0 Å². The normalized spacial score (nSPS) is 13.8. The average Bonchev–Trinajstić information content (AvgIpc) is 2.11. The molecule has 0 fully saturated rings. The minimum atomic E-state index is -6.60. The molecule has 0 saturated heterocycles. The number of esters is 1. The van der Waals surface area contributed by atoms with Crippen LogP contribution in [0.1, 0.15) is 0 Å². The third kappa shape index (κ3) is 2.54. The standard InChI is InChI=1S/C6H4F7O3/c7-4(8,3(15)16-2-1-14)5(9,10)6(11,12)13/h1-2H2. The summed E-state index contributed by atoms with van der Waals surface area (Å²) in [5.41, 5.74) is 0. The van der Waals surface area contributed by atoms with Gasteiger partial charge in [0.2, 0.25) is 0 Å². The number of alkyl halides is 7. The molecule has 10 heteroatoms. The molecule has 0 spiro atoms. The van der Waals surface area contributed by atoms with E-state index in [9.17, 15) is 40.6 Å². The number of hydrogen-bond donors (Lipinski definition) is 0. The maximum Gasteiger partial charge on any atom is 0.460 e. The Morgan fingerprint density at radius 2 is 1.44 bits per heavy atom. The Hall–Kier alpha value is -1.06. The lowest BCUT2D eigenvalue weighted by molar-refractivity contribution is -0.348. The molecule has 0 aromatic heterocycles. The highest BCUT2D eigenvalue weighted by molar-refractivity contribution is 5.79. The van der Waals surface area contributed by atoms with Crippen molar-refractivity contribution < 1.29 is 45.4 Å². The van der Waals surface area contributed by atoms with E-state index in [0.29, 0.717) is 0 Å². The van der Waals surface area contributed by atoms with Crippen LogP contribution in [0.4, 0.5) is 30.7 Å². The summed E-state index contributed by atoms with van der Waals surface area (Å²) in [4.78, 5) is 10.2. The van der Waals surface area contributed by atoms with E-state index in [0.717, 1.165) is 0 Å². The molecule has 0 atom stereocenters. The van der Waals surface area contributed by atoms with Gasteiger partial charge in [0.1, 0.15) is 13.2 Å². The first-order valence-corrected chi connectivity index (χ1v) is 3.56. The highest BCUT2D eigenvalue weighted by Crippen LogP contribution is 2.46. The molecule has 0 aliphatic rings. The summed E-state index contributed by atoms with van der Waals surface area (Å²) in [5, 5.41) is 9.68.